The van der Waals surface area contributed by atoms with Crippen molar-refractivity contribution in [1.29, 1.82) is 5.26 Å². The number of ketones is 1. The third-order valence-corrected chi connectivity index (χ3v) is 6.99. The summed E-state index contributed by atoms with van der Waals surface area (Å²) in [6.45, 7) is 9.38. The summed E-state index contributed by atoms with van der Waals surface area (Å²) in [6.07, 6.45) is 0.620. The third kappa shape index (κ3) is 5.41. The van der Waals surface area contributed by atoms with Crippen LogP contribution >= 0.6 is 11.8 Å². The van der Waals surface area contributed by atoms with Gasteiger partial charge in [0.15, 0.2) is 5.78 Å². The highest BCUT2D eigenvalue weighted by atomic mass is 32.2. The number of ether oxygens (including phenoxy) is 1. The minimum atomic E-state index is -0.369. The van der Waals surface area contributed by atoms with Crippen molar-refractivity contribution in [2.75, 3.05) is 42.1 Å². The fourth-order valence-electron chi connectivity index (χ4n) is 4.20. The van der Waals surface area contributed by atoms with E-state index < -0.39 is 0 Å². The molecule has 34 heavy (non-hydrogen) atoms. The minimum Gasteiger partial charge on any atom is -0.370 e. The SMILES string of the molecule is CC(=O)c1ccc(NC(=O)CSc2nc(N3CCNCC3)c3c(c2C#N)CC(C)(C)OC3)cc1. The Balaban J connectivity index is 1.57. The zero-order chi connectivity index (χ0) is 24.3. The van der Waals surface area contributed by atoms with Crippen LogP contribution in [0, 0.1) is 11.3 Å². The van der Waals surface area contributed by atoms with Crippen molar-refractivity contribution in [3.8, 4) is 6.07 Å². The number of rotatable bonds is 6. The van der Waals surface area contributed by atoms with Crippen LogP contribution in [0.4, 0.5) is 11.5 Å². The Labute approximate surface area is 204 Å². The number of Topliss-reactive ketones (excluding diaryl/α,β-unsaturated/α-hetero) is 1. The van der Waals surface area contributed by atoms with Crippen molar-refractivity contribution >= 4 is 35.0 Å². The average molecular weight is 480 g/mol. The van der Waals surface area contributed by atoms with Crippen LogP contribution in [0.3, 0.4) is 0 Å². The number of nitriles is 1. The number of pyridine rings is 1. The predicted octanol–water partition coefficient (Wildman–Crippen LogP) is 3.15. The quantitative estimate of drug-likeness (QED) is 0.481. The monoisotopic (exact) mass is 479 g/mol. The number of nitrogens with one attached hydrogen (secondary N) is 2. The molecule has 0 aliphatic carbocycles. The Bertz CT molecular complexity index is 1130. The van der Waals surface area contributed by atoms with E-state index in [-0.39, 0.29) is 23.0 Å². The van der Waals surface area contributed by atoms with E-state index in [0.717, 1.165) is 43.1 Å². The van der Waals surface area contributed by atoms with E-state index in [1.54, 1.807) is 24.3 Å². The van der Waals surface area contributed by atoms with Crippen LogP contribution in [0.25, 0.3) is 0 Å². The molecule has 1 saturated heterocycles. The minimum absolute atomic E-state index is 0.0233. The highest BCUT2D eigenvalue weighted by molar-refractivity contribution is 8.00. The van der Waals surface area contributed by atoms with Gasteiger partial charge in [0.25, 0.3) is 0 Å². The Morgan fingerprint density at radius 2 is 1.94 bits per heavy atom. The lowest BCUT2D eigenvalue weighted by molar-refractivity contribution is -0.113. The number of carbonyl (C=O) groups is 2. The molecule has 0 saturated carbocycles. The van der Waals surface area contributed by atoms with Gasteiger partial charge in [0.2, 0.25) is 5.91 Å². The molecule has 1 amide bonds. The lowest BCUT2D eigenvalue weighted by atomic mass is 9.89. The van der Waals surface area contributed by atoms with Gasteiger partial charge >= 0.3 is 0 Å². The van der Waals surface area contributed by atoms with Crippen molar-refractivity contribution in [3.63, 3.8) is 0 Å². The highest BCUT2D eigenvalue weighted by Crippen LogP contribution is 2.38. The number of anilines is 2. The number of thioether (sulfide) groups is 1. The molecule has 3 heterocycles. The van der Waals surface area contributed by atoms with Gasteiger partial charge in [0, 0.05) is 49.4 Å². The van der Waals surface area contributed by atoms with Gasteiger partial charge in [0.05, 0.1) is 23.5 Å². The standard InChI is InChI=1S/C25H29N5O3S/c1-16(31)17-4-6-18(7-5-17)28-22(32)15-34-24-20(13-26)19-12-25(2,3)33-14-21(19)23(29-24)30-10-8-27-9-11-30/h4-7,27H,8-12,14-15H2,1-3H3,(H,28,32). The van der Waals surface area contributed by atoms with Gasteiger partial charge in [0.1, 0.15) is 16.9 Å². The highest BCUT2D eigenvalue weighted by Gasteiger charge is 2.33. The van der Waals surface area contributed by atoms with E-state index in [9.17, 15) is 14.9 Å². The summed E-state index contributed by atoms with van der Waals surface area (Å²) in [5, 5.41) is 16.8. The molecule has 2 aliphatic rings. The van der Waals surface area contributed by atoms with Crippen LogP contribution in [0.2, 0.25) is 0 Å². The molecule has 1 fully saturated rings. The van der Waals surface area contributed by atoms with Crippen LogP contribution < -0.4 is 15.5 Å². The molecule has 0 unspecified atom stereocenters. The van der Waals surface area contributed by atoms with Crippen molar-refractivity contribution in [3.05, 3.63) is 46.5 Å². The first-order valence-corrected chi connectivity index (χ1v) is 12.3. The Morgan fingerprint density at radius 3 is 2.59 bits per heavy atom. The lowest BCUT2D eigenvalue weighted by Crippen LogP contribution is -2.45. The summed E-state index contributed by atoms with van der Waals surface area (Å²) in [7, 11) is 0. The Kier molecular flexibility index (Phi) is 7.22. The number of hydrogen-bond donors (Lipinski definition) is 2. The maximum absolute atomic E-state index is 12.6. The van der Waals surface area contributed by atoms with Crippen LogP contribution in [0.15, 0.2) is 29.3 Å². The number of amides is 1. The first-order chi connectivity index (χ1) is 16.3. The van der Waals surface area contributed by atoms with E-state index in [0.29, 0.717) is 34.9 Å². The Morgan fingerprint density at radius 1 is 1.24 bits per heavy atom. The number of nitrogens with zero attached hydrogens (tertiary/aromatic N) is 3. The largest absolute Gasteiger partial charge is 0.370 e. The lowest BCUT2D eigenvalue weighted by Gasteiger charge is -2.37. The smallest absolute Gasteiger partial charge is 0.234 e. The van der Waals surface area contributed by atoms with Gasteiger partial charge in [-0.25, -0.2) is 4.98 Å². The summed E-state index contributed by atoms with van der Waals surface area (Å²) in [5.74, 6) is 0.755. The number of aromatic nitrogens is 1. The summed E-state index contributed by atoms with van der Waals surface area (Å²) in [6, 6.07) is 9.14. The molecular weight excluding hydrogens is 450 g/mol. The Hall–Kier alpha value is -2.93. The number of carbonyl (C=O) groups excluding carboxylic acids is 2. The third-order valence-electron chi connectivity index (χ3n) is 6.01. The van der Waals surface area contributed by atoms with Crippen LogP contribution in [-0.2, 0) is 22.6 Å². The first kappa shape index (κ1) is 24.2. The maximum Gasteiger partial charge on any atom is 0.234 e. The molecule has 1 aromatic carbocycles. The second kappa shape index (κ2) is 10.1. The van der Waals surface area contributed by atoms with Gasteiger partial charge in [-0.15, -0.1) is 0 Å². The topological polar surface area (TPSA) is 107 Å². The van der Waals surface area contributed by atoms with Gasteiger partial charge < -0.3 is 20.3 Å². The van der Waals surface area contributed by atoms with Gasteiger partial charge in [-0.2, -0.15) is 5.26 Å². The first-order valence-electron chi connectivity index (χ1n) is 11.4. The second-order valence-corrected chi connectivity index (χ2v) is 10.1. The molecular formula is C25H29N5O3S. The number of piperazine rings is 1. The van der Waals surface area contributed by atoms with E-state index in [1.807, 2.05) is 13.8 Å². The van der Waals surface area contributed by atoms with E-state index in [1.165, 1.54) is 18.7 Å². The fourth-order valence-corrected chi connectivity index (χ4v) is 5.01. The van der Waals surface area contributed by atoms with Crippen LogP contribution in [0.5, 0.6) is 0 Å². The fraction of sp³-hybridized carbons (Fsp3) is 0.440. The second-order valence-electron chi connectivity index (χ2n) is 9.12. The molecule has 0 radical (unpaired) electrons. The van der Waals surface area contributed by atoms with E-state index >= 15 is 0 Å². The summed E-state index contributed by atoms with van der Waals surface area (Å²) >= 11 is 1.28. The molecule has 0 bridgehead atoms. The molecule has 8 nitrogen and oxygen atoms in total. The number of fused-ring (bicyclic) bond motifs is 1. The van der Waals surface area contributed by atoms with Crippen molar-refractivity contribution < 1.29 is 14.3 Å². The van der Waals surface area contributed by atoms with Crippen molar-refractivity contribution in [2.24, 2.45) is 0 Å². The molecule has 1 aromatic heterocycles. The zero-order valence-corrected chi connectivity index (χ0v) is 20.6. The molecule has 9 heteroatoms. The van der Waals surface area contributed by atoms with E-state index in [4.69, 9.17) is 9.72 Å². The molecule has 4 rings (SSSR count). The zero-order valence-electron chi connectivity index (χ0n) is 19.7. The summed E-state index contributed by atoms with van der Waals surface area (Å²) < 4.78 is 6.07. The van der Waals surface area contributed by atoms with Gasteiger partial charge in [-0.1, -0.05) is 11.8 Å². The number of benzene rings is 1. The van der Waals surface area contributed by atoms with Crippen molar-refractivity contribution in [2.45, 2.75) is 44.4 Å². The normalized spacial score (nSPS) is 16.9. The molecule has 2 N–H and O–H groups in total. The van der Waals surface area contributed by atoms with Crippen LogP contribution in [-0.4, -0.2) is 54.2 Å². The summed E-state index contributed by atoms with van der Waals surface area (Å²) in [4.78, 5) is 31.2. The van der Waals surface area contributed by atoms with Gasteiger partial charge in [-0.3, -0.25) is 9.59 Å². The summed E-state index contributed by atoms with van der Waals surface area (Å²) in [5.41, 5.74) is 3.34. The van der Waals surface area contributed by atoms with Crippen molar-refractivity contribution in [1.82, 2.24) is 10.3 Å². The predicted molar refractivity (Wildman–Crippen MR) is 132 cm³/mol. The van der Waals surface area contributed by atoms with E-state index in [2.05, 4.69) is 21.6 Å². The molecule has 0 spiro atoms. The number of hydrogen-bond acceptors (Lipinski definition) is 8. The maximum atomic E-state index is 12.6. The van der Waals surface area contributed by atoms with Gasteiger partial charge in [-0.05, 0) is 50.6 Å². The average Bonchev–Trinajstić information content (AvgIpc) is 2.82. The molecule has 0 atom stereocenters. The molecule has 2 aromatic rings. The molecule has 2 aliphatic heterocycles. The molecule has 178 valence electrons. The van der Waals surface area contributed by atoms with Crippen LogP contribution in [0.1, 0.15) is 47.8 Å².